The first-order valence-corrected chi connectivity index (χ1v) is 8.21. The third-order valence-corrected chi connectivity index (χ3v) is 3.92. The number of hydrogen-bond acceptors (Lipinski definition) is 3. The lowest BCUT2D eigenvalue weighted by Crippen LogP contribution is -2.44. The standard InChI is InChI=1S/C18H31NO2/c1-6-14-19-17(18(5,7-2)21-9-4)15-12-10-11-13-16(15)20-8-3/h10-13,17,19H,6-9,14H2,1-5H3. The summed E-state index contributed by atoms with van der Waals surface area (Å²) in [5, 5.41) is 3.66. The van der Waals surface area contributed by atoms with E-state index in [1.165, 1.54) is 5.56 Å². The van der Waals surface area contributed by atoms with Crippen LogP contribution in [0, 0.1) is 0 Å². The first kappa shape index (κ1) is 18.0. The van der Waals surface area contributed by atoms with Crippen LogP contribution in [0.5, 0.6) is 5.75 Å². The molecule has 0 spiro atoms. The van der Waals surface area contributed by atoms with Crippen LogP contribution in [-0.4, -0.2) is 25.4 Å². The third-order valence-electron chi connectivity index (χ3n) is 3.92. The molecular weight excluding hydrogens is 262 g/mol. The lowest BCUT2D eigenvalue weighted by atomic mass is 9.87. The van der Waals surface area contributed by atoms with Crippen molar-refractivity contribution < 1.29 is 9.47 Å². The van der Waals surface area contributed by atoms with Gasteiger partial charge in [0.25, 0.3) is 0 Å². The summed E-state index contributed by atoms with van der Waals surface area (Å²) in [4.78, 5) is 0. The Hall–Kier alpha value is -1.06. The molecule has 0 aliphatic heterocycles. The van der Waals surface area contributed by atoms with Gasteiger partial charge >= 0.3 is 0 Å². The fourth-order valence-electron chi connectivity index (χ4n) is 2.67. The number of benzene rings is 1. The highest BCUT2D eigenvalue weighted by Gasteiger charge is 2.35. The second-order valence-corrected chi connectivity index (χ2v) is 5.46. The zero-order valence-electron chi connectivity index (χ0n) is 14.2. The van der Waals surface area contributed by atoms with Crippen molar-refractivity contribution in [3.8, 4) is 5.75 Å². The van der Waals surface area contributed by atoms with Crippen molar-refractivity contribution in [3.63, 3.8) is 0 Å². The molecule has 0 bridgehead atoms. The van der Waals surface area contributed by atoms with Crippen molar-refractivity contribution in [2.24, 2.45) is 0 Å². The lowest BCUT2D eigenvalue weighted by molar-refractivity contribution is -0.0567. The van der Waals surface area contributed by atoms with Crippen LogP contribution in [0.4, 0.5) is 0 Å². The summed E-state index contributed by atoms with van der Waals surface area (Å²) in [5.41, 5.74) is 0.947. The van der Waals surface area contributed by atoms with E-state index in [0.29, 0.717) is 13.2 Å². The molecule has 0 saturated heterocycles. The SMILES string of the molecule is CCCNC(c1ccccc1OCC)C(C)(CC)OCC. The summed E-state index contributed by atoms with van der Waals surface area (Å²) in [6.45, 7) is 13.0. The van der Waals surface area contributed by atoms with Gasteiger partial charge in [-0.05, 0) is 46.2 Å². The number of rotatable bonds is 10. The molecule has 0 fully saturated rings. The Balaban J connectivity index is 3.17. The maximum absolute atomic E-state index is 6.11. The van der Waals surface area contributed by atoms with Gasteiger partial charge in [0.15, 0.2) is 0 Å². The molecular formula is C18H31NO2. The zero-order chi connectivity index (χ0) is 15.7. The summed E-state index contributed by atoms with van der Waals surface area (Å²) >= 11 is 0. The molecule has 1 aromatic carbocycles. The van der Waals surface area contributed by atoms with Gasteiger partial charge in [0.2, 0.25) is 0 Å². The molecule has 120 valence electrons. The van der Waals surface area contributed by atoms with E-state index in [0.717, 1.165) is 25.1 Å². The summed E-state index contributed by atoms with van der Waals surface area (Å²) in [7, 11) is 0. The molecule has 0 aliphatic carbocycles. The van der Waals surface area contributed by atoms with Gasteiger partial charge in [-0.15, -0.1) is 0 Å². The van der Waals surface area contributed by atoms with Crippen molar-refractivity contribution in [2.45, 2.75) is 59.1 Å². The van der Waals surface area contributed by atoms with Crippen LogP contribution in [0.25, 0.3) is 0 Å². The van der Waals surface area contributed by atoms with Crippen molar-refractivity contribution >= 4 is 0 Å². The maximum Gasteiger partial charge on any atom is 0.124 e. The molecule has 2 unspecified atom stereocenters. The predicted molar refractivity (Wildman–Crippen MR) is 89.0 cm³/mol. The van der Waals surface area contributed by atoms with Gasteiger partial charge in [-0.3, -0.25) is 0 Å². The number of hydrogen-bond donors (Lipinski definition) is 1. The number of para-hydroxylation sites is 1. The molecule has 0 amide bonds. The van der Waals surface area contributed by atoms with E-state index in [2.05, 4.69) is 45.1 Å². The third kappa shape index (κ3) is 4.72. The minimum Gasteiger partial charge on any atom is -0.494 e. The molecule has 0 heterocycles. The maximum atomic E-state index is 6.11. The van der Waals surface area contributed by atoms with Gasteiger partial charge in [-0.25, -0.2) is 0 Å². The summed E-state index contributed by atoms with van der Waals surface area (Å²) in [5.74, 6) is 0.952. The molecule has 0 saturated carbocycles. The van der Waals surface area contributed by atoms with Gasteiger partial charge in [-0.2, -0.15) is 0 Å². The molecule has 0 radical (unpaired) electrons. The first-order valence-electron chi connectivity index (χ1n) is 8.21. The van der Waals surface area contributed by atoms with E-state index in [4.69, 9.17) is 9.47 Å². The van der Waals surface area contributed by atoms with E-state index < -0.39 is 0 Å². The van der Waals surface area contributed by atoms with Crippen molar-refractivity contribution in [1.29, 1.82) is 0 Å². The Morgan fingerprint density at radius 1 is 1.10 bits per heavy atom. The molecule has 3 nitrogen and oxygen atoms in total. The lowest BCUT2D eigenvalue weighted by Gasteiger charge is -2.38. The van der Waals surface area contributed by atoms with E-state index >= 15 is 0 Å². The van der Waals surface area contributed by atoms with Gasteiger partial charge in [0.1, 0.15) is 5.75 Å². The Morgan fingerprint density at radius 3 is 2.38 bits per heavy atom. The minimum atomic E-state index is -0.239. The first-order chi connectivity index (χ1) is 10.1. The van der Waals surface area contributed by atoms with E-state index in [1.807, 2.05) is 19.1 Å². The Morgan fingerprint density at radius 2 is 1.81 bits per heavy atom. The van der Waals surface area contributed by atoms with Crippen molar-refractivity contribution in [2.75, 3.05) is 19.8 Å². The smallest absolute Gasteiger partial charge is 0.124 e. The molecule has 0 aliphatic rings. The van der Waals surface area contributed by atoms with Crippen molar-refractivity contribution in [3.05, 3.63) is 29.8 Å². The van der Waals surface area contributed by atoms with Crippen LogP contribution < -0.4 is 10.1 Å². The Bertz CT molecular complexity index is 408. The molecule has 0 aromatic heterocycles. The highest BCUT2D eigenvalue weighted by Crippen LogP contribution is 2.36. The average Bonchev–Trinajstić information content (AvgIpc) is 2.49. The quantitative estimate of drug-likeness (QED) is 0.696. The summed E-state index contributed by atoms with van der Waals surface area (Å²) in [6.07, 6.45) is 2.04. The summed E-state index contributed by atoms with van der Waals surface area (Å²) < 4.78 is 11.9. The van der Waals surface area contributed by atoms with Crippen LogP contribution in [0.15, 0.2) is 24.3 Å². The Kier molecular flexibility index (Phi) is 7.76. The van der Waals surface area contributed by atoms with Crippen LogP contribution in [0.2, 0.25) is 0 Å². The van der Waals surface area contributed by atoms with Gasteiger partial charge in [0, 0.05) is 12.2 Å². The second-order valence-electron chi connectivity index (χ2n) is 5.46. The van der Waals surface area contributed by atoms with Crippen LogP contribution >= 0.6 is 0 Å². The van der Waals surface area contributed by atoms with Crippen LogP contribution in [0.3, 0.4) is 0 Å². The zero-order valence-corrected chi connectivity index (χ0v) is 14.2. The van der Waals surface area contributed by atoms with Gasteiger partial charge < -0.3 is 14.8 Å². The average molecular weight is 293 g/mol. The van der Waals surface area contributed by atoms with Crippen molar-refractivity contribution in [1.82, 2.24) is 5.32 Å². The molecule has 3 heteroatoms. The monoisotopic (exact) mass is 293 g/mol. The van der Waals surface area contributed by atoms with Crippen LogP contribution in [-0.2, 0) is 4.74 Å². The summed E-state index contributed by atoms with van der Waals surface area (Å²) in [6, 6.07) is 8.41. The number of ether oxygens (including phenoxy) is 2. The fraction of sp³-hybridized carbons (Fsp3) is 0.667. The Labute approximate surface area is 130 Å². The second kappa shape index (κ2) is 9.06. The van der Waals surface area contributed by atoms with Crippen LogP contribution in [0.1, 0.15) is 59.1 Å². The topological polar surface area (TPSA) is 30.5 Å². The minimum absolute atomic E-state index is 0.130. The largest absolute Gasteiger partial charge is 0.494 e. The van der Waals surface area contributed by atoms with Gasteiger partial charge in [0.05, 0.1) is 18.2 Å². The molecule has 2 atom stereocenters. The van der Waals surface area contributed by atoms with E-state index in [-0.39, 0.29) is 11.6 Å². The molecule has 21 heavy (non-hydrogen) atoms. The predicted octanol–water partition coefficient (Wildman–Crippen LogP) is 4.33. The molecule has 1 N–H and O–H groups in total. The van der Waals surface area contributed by atoms with E-state index in [9.17, 15) is 0 Å². The normalized spacial score (nSPS) is 15.5. The molecule has 1 aromatic rings. The number of nitrogens with one attached hydrogen (secondary N) is 1. The molecule has 1 rings (SSSR count). The van der Waals surface area contributed by atoms with Gasteiger partial charge in [-0.1, -0.05) is 32.0 Å². The van der Waals surface area contributed by atoms with E-state index in [1.54, 1.807) is 0 Å². The fourth-order valence-corrected chi connectivity index (χ4v) is 2.67. The highest BCUT2D eigenvalue weighted by molar-refractivity contribution is 5.37. The highest BCUT2D eigenvalue weighted by atomic mass is 16.5.